The average Bonchev–Trinajstić information content (AvgIpc) is 3.45. The van der Waals surface area contributed by atoms with Crippen molar-refractivity contribution in [1.82, 2.24) is 0 Å². The van der Waals surface area contributed by atoms with E-state index < -0.39 is 0 Å². The third kappa shape index (κ3) is 8.67. The van der Waals surface area contributed by atoms with Crippen LogP contribution in [0.4, 0.5) is 45.5 Å². The van der Waals surface area contributed by atoms with Gasteiger partial charge in [-0.15, -0.1) is 0 Å². The van der Waals surface area contributed by atoms with E-state index in [-0.39, 0.29) is 0 Å². The number of hydrogen-bond acceptors (Lipinski definition) is 8. The van der Waals surface area contributed by atoms with Crippen molar-refractivity contribution in [2.75, 3.05) is 21.3 Å². The lowest BCUT2D eigenvalue weighted by Gasteiger charge is -2.22. The first-order valence-corrected chi connectivity index (χ1v) is 27.2. The second-order valence-corrected chi connectivity index (χ2v) is 21.9. The summed E-state index contributed by atoms with van der Waals surface area (Å²) in [5, 5.41) is 24.5. The summed E-state index contributed by atoms with van der Waals surface area (Å²) in [6, 6.07) is 85.4. The van der Waals surface area contributed by atoms with E-state index in [1.165, 1.54) is 128 Å². The molecule has 4 aliphatic heterocycles. The van der Waals surface area contributed by atoms with Gasteiger partial charge in [0.05, 0.1) is 45.5 Å². The first kappa shape index (κ1) is 44.2. The molecule has 0 fully saturated rings. The second kappa shape index (κ2) is 19.5. The largest absolute Gasteiger partial charge is 0.353 e. The number of anilines is 8. The predicted octanol–water partition coefficient (Wildman–Crippen LogP) is 20.2. The molecule has 72 heavy (non-hydrogen) atoms. The molecule has 4 N–H and O–H groups in total. The number of rotatable bonds is 0. The monoisotopic (exact) mass is 996 g/mol. The average molecular weight is 997 g/mol. The molecule has 344 valence electrons. The highest BCUT2D eigenvalue weighted by Gasteiger charge is 2.21. The number of fused-ring (bicyclic) bond motifs is 16. The zero-order chi connectivity index (χ0) is 47.8. The summed E-state index contributed by atoms with van der Waals surface area (Å²) >= 11 is 7.34. The Bertz CT molecular complexity index is 3520. The van der Waals surface area contributed by atoms with Crippen LogP contribution >= 0.6 is 47.0 Å². The van der Waals surface area contributed by atoms with Crippen molar-refractivity contribution in [1.29, 1.82) is 0 Å². The molecule has 0 atom stereocenters. The lowest BCUT2D eigenvalue weighted by Crippen LogP contribution is -2.00. The molecule has 0 amide bonds. The molecule has 4 heterocycles. The molecule has 0 bridgehead atoms. The van der Waals surface area contributed by atoms with Crippen LogP contribution in [0.25, 0.3) is 43.1 Å². The molecular formula is C64H44N4S4. The Kier molecular flexibility index (Phi) is 12.0. The highest BCUT2D eigenvalue weighted by molar-refractivity contribution is 8.00. The Morgan fingerprint density at radius 2 is 0.389 bits per heavy atom. The van der Waals surface area contributed by atoms with Crippen molar-refractivity contribution in [2.24, 2.45) is 0 Å². The molecule has 12 aromatic carbocycles. The number of para-hydroxylation sites is 4. The first-order valence-electron chi connectivity index (χ1n) is 23.9. The van der Waals surface area contributed by atoms with Gasteiger partial charge in [-0.1, -0.05) is 217 Å². The molecule has 0 radical (unpaired) electrons. The highest BCUT2D eigenvalue weighted by Crippen LogP contribution is 2.50. The Balaban J connectivity index is 0.0000000933. The summed E-state index contributed by atoms with van der Waals surface area (Å²) in [6.45, 7) is 0. The molecule has 0 aromatic heterocycles. The van der Waals surface area contributed by atoms with Crippen molar-refractivity contribution < 1.29 is 0 Å². The summed E-state index contributed by atoms with van der Waals surface area (Å²) in [7, 11) is 0. The van der Waals surface area contributed by atoms with Gasteiger partial charge in [0.2, 0.25) is 0 Å². The molecule has 12 aromatic rings. The fourth-order valence-corrected chi connectivity index (χ4v) is 13.6. The standard InChI is InChI=1S/4C16H11NS/c4*1-2-6-12-11(5-1)9-10-15-16(12)17-13-7-3-4-8-14(13)18-15/h4*1-10,17H. The Hall–Kier alpha value is -7.72. The van der Waals surface area contributed by atoms with Crippen molar-refractivity contribution in [3.63, 3.8) is 0 Å². The molecule has 4 aliphatic rings. The summed E-state index contributed by atoms with van der Waals surface area (Å²) in [6.07, 6.45) is 0. The SMILES string of the molecule is c1ccc2c(c1)Nc1c(ccc3ccccc13)S2.c1ccc2c(c1)Nc1c(ccc3ccccc13)S2.c1ccc2c(c1)Nc1c(ccc3ccccc13)S2.c1ccc2c(c1)Nc1c(ccc3ccccc13)S2. The van der Waals surface area contributed by atoms with E-state index in [4.69, 9.17) is 0 Å². The normalized spacial score (nSPS) is 12.7. The quantitative estimate of drug-likeness (QED) is 0.120. The van der Waals surface area contributed by atoms with Gasteiger partial charge in [0.1, 0.15) is 0 Å². The van der Waals surface area contributed by atoms with Gasteiger partial charge in [-0.3, -0.25) is 0 Å². The van der Waals surface area contributed by atoms with Crippen molar-refractivity contribution in [2.45, 2.75) is 39.2 Å². The minimum absolute atomic E-state index is 1.20. The van der Waals surface area contributed by atoms with E-state index in [1.807, 2.05) is 47.0 Å². The second-order valence-electron chi connectivity index (χ2n) is 17.5. The Labute approximate surface area is 435 Å². The fraction of sp³-hybridized carbons (Fsp3) is 0. The van der Waals surface area contributed by atoms with Gasteiger partial charge in [-0.05, 0) is 94.3 Å². The van der Waals surface area contributed by atoms with Crippen LogP contribution in [-0.2, 0) is 0 Å². The Morgan fingerprint density at radius 1 is 0.181 bits per heavy atom. The maximum absolute atomic E-state index is 3.56. The van der Waals surface area contributed by atoms with Gasteiger partial charge in [-0.25, -0.2) is 0 Å². The molecule has 0 spiro atoms. The van der Waals surface area contributed by atoms with E-state index in [9.17, 15) is 0 Å². The van der Waals surface area contributed by atoms with E-state index >= 15 is 0 Å². The zero-order valence-corrected chi connectivity index (χ0v) is 42.0. The van der Waals surface area contributed by atoms with E-state index in [0.29, 0.717) is 0 Å². The predicted molar refractivity (Wildman–Crippen MR) is 311 cm³/mol. The number of hydrogen-bond donors (Lipinski definition) is 4. The molecule has 4 nitrogen and oxygen atoms in total. The Morgan fingerprint density at radius 3 is 0.639 bits per heavy atom. The van der Waals surface area contributed by atoms with Gasteiger partial charge < -0.3 is 21.3 Å². The van der Waals surface area contributed by atoms with Gasteiger partial charge >= 0.3 is 0 Å². The highest BCUT2D eigenvalue weighted by atomic mass is 32.2. The molecular weight excluding hydrogens is 953 g/mol. The van der Waals surface area contributed by atoms with E-state index in [2.05, 4.69) is 264 Å². The molecule has 0 saturated heterocycles. The van der Waals surface area contributed by atoms with Crippen LogP contribution in [0.2, 0.25) is 0 Å². The van der Waals surface area contributed by atoms with Gasteiger partial charge in [0.15, 0.2) is 0 Å². The number of benzene rings is 12. The number of nitrogens with one attached hydrogen (secondary N) is 4. The smallest absolute Gasteiger partial charge is 0.0606 e. The molecule has 16 rings (SSSR count). The lowest BCUT2D eigenvalue weighted by molar-refractivity contribution is 1.33. The third-order valence-corrected chi connectivity index (χ3v) is 17.6. The van der Waals surface area contributed by atoms with Crippen LogP contribution < -0.4 is 21.3 Å². The maximum atomic E-state index is 3.56. The minimum Gasteiger partial charge on any atom is -0.353 e. The summed E-state index contributed by atoms with van der Waals surface area (Å²) in [5.41, 5.74) is 9.73. The summed E-state index contributed by atoms with van der Waals surface area (Å²) in [5.74, 6) is 0. The third-order valence-electron chi connectivity index (χ3n) is 13.0. The summed E-state index contributed by atoms with van der Waals surface area (Å²) in [4.78, 5) is 10.4. The maximum Gasteiger partial charge on any atom is 0.0606 e. The van der Waals surface area contributed by atoms with E-state index in [0.717, 1.165) is 0 Å². The van der Waals surface area contributed by atoms with Gasteiger partial charge in [0.25, 0.3) is 0 Å². The van der Waals surface area contributed by atoms with Crippen LogP contribution in [0.3, 0.4) is 0 Å². The first-order chi connectivity index (χ1) is 35.7. The van der Waals surface area contributed by atoms with Crippen LogP contribution in [0.15, 0.2) is 282 Å². The van der Waals surface area contributed by atoms with Gasteiger partial charge in [0, 0.05) is 60.7 Å². The van der Waals surface area contributed by atoms with Crippen LogP contribution in [0.1, 0.15) is 0 Å². The van der Waals surface area contributed by atoms with Gasteiger partial charge in [-0.2, -0.15) is 0 Å². The zero-order valence-electron chi connectivity index (χ0n) is 38.7. The topological polar surface area (TPSA) is 48.1 Å². The van der Waals surface area contributed by atoms with Crippen molar-refractivity contribution in [3.05, 3.63) is 243 Å². The van der Waals surface area contributed by atoms with Crippen LogP contribution in [-0.4, -0.2) is 0 Å². The molecule has 0 unspecified atom stereocenters. The molecule has 0 saturated carbocycles. The van der Waals surface area contributed by atoms with Crippen molar-refractivity contribution in [3.8, 4) is 0 Å². The molecule has 0 aliphatic carbocycles. The van der Waals surface area contributed by atoms with Crippen LogP contribution in [0.5, 0.6) is 0 Å². The molecule has 8 heteroatoms. The van der Waals surface area contributed by atoms with Crippen molar-refractivity contribution >= 4 is 136 Å². The van der Waals surface area contributed by atoms with Crippen LogP contribution in [0, 0.1) is 0 Å². The minimum atomic E-state index is 1.20. The van der Waals surface area contributed by atoms with E-state index in [1.54, 1.807) is 0 Å². The lowest BCUT2D eigenvalue weighted by atomic mass is 10.1. The summed E-state index contributed by atoms with van der Waals surface area (Å²) < 4.78 is 0. The fourth-order valence-electron chi connectivity index (χ4n) is 9.51.